The van der Waals surface area contributed by atoms with Gasteiger partial charge in [0, 0.05) is 28.9 Å². The van der Waals surface area contributed by atoms with Crippen molar-refractivity contribution in [3.8, 4) is 0 Å². The van der Waals surface area contributed by atoms with E-state index in [2.05, 4.69) is 16.0 Å². The summed E-state index contributed by atoms with van der Waals surface area (Å²) in [6, 6.07) is 11.3. The highest BCUT2D eigenvalue weighted by Crippen LogP contribution is 2.54. The molecule has 3 aromatic rings. The molecule has 0 spiro atoms. The molecule has 0 radical (unpaired) electrons. The number of rotatable bonds is 2. The first-order valence-electron chi connectivity index (χ1n) is 7.06. The fourth-order valence-corrected chi connectivity index (χ4v) is 3.34. The van der Waals surface area contributed by atoms with Crippen molar-refractivity contribution in [2.45, 2.75) is 18.3 Å². The first-order chi connectivity index (χ1) is 10.6. The third kappa shape index (κ3) is 2.40. The van der Waals surface area contributed by atoms with Gasteiger partial charge in [-0.1, -0.05) is 35.3 Å². The van der Waals surface area contributed by atoms with Crippen molar-refractivity contribution >= 4 is 34.1 Å². The maximum Gasteiger partial charge on any atom is 0.191 e. The molecule has 0 unspecified atom stereocenters. The van der Waals surface area contributed by atoms with E-state index < -0.39 is 0 Å². The predicted molar refractivity (Wildman–Crippen MR) is 88.9 cm³/mol. The van der Waals surface area contributed by atoms with Gasteiger partial charge in [-0.3, -0.25) is 4.79 Å². The summed E-state index contributed by atoms with van der Waals surface area (Å²) in [6.07, 6.45) is 2.53. The summed E-state index contributed by atoms with van der Waals surface area (Å²) in [5, 5.41) is 1.68. The first kappa shape index (κ1) is 13.8. The molecular weight excluding hydrogens is 319 g/mol. The Morgan fingerprint density at radius 2 is 2.00 bits per heavy atom. The Morgan fingerprint density at radius 1 is 1.14 bits per heavy atom. The molecular formula is C17H12Cl2N2O. The van der Waals surface area contributed by atoms with Crippen LogP contribution in [0.5, 0.6) is 0 Å². The van der Waals surface area contributed by atoms with E-state index in [1.165, 1.54) is 11.8 Å². The molecule has 1 aromatic carbocycles. The van der Waals surface area contributed by atoms with Gasteiger partial charge in [0.2, 0.25) is 0 Å². The molecule has 1 N–H and O–H groups in total. The van der Waals surface area contributed by atoms with Gasteiger partial charge in [0.15, 0.2) is 5.43 Å². The van der Waals surface area contributed by atoms with Crippen LogP contribution < -0.4 is 5.43 Å². The van der Waals surface area contributed by atoms with E-state index in [0.717, 1.165) is 22.7 Å². The van der Waals surface area contributed by atoms with E-state index in [1.807, 2.05) is 18.2 Å². The Bertz CT molecular complexity index is 935. The maximum absolute atomic E-state index is 12.2. The monoisotopic (exact) mass is 330 g/mol. The van der Waals surface area contributed by atoms with E-state index in [9.17, 15) is 4.79 Å². The molecule has 1 fully saturated rings. The minimum atomic E-state index is -0.0235. The highest BCUT2D eigenvalue weighted by atomic mass is 35.5. The second-order valence-corrected chi connectivity index (χ2v) is 6.47. The lowest BCUT2D eigenvalue weighted by Crippen LogP contribution is -2.05. The minimum absolute atomic E-state index is 0.0235. The van der Waals surface area contributed by atoms with E-state index in [0.29, 0.717) is 22.4 Å². The summed E-state index contributed by atoms with van der Waals surface area (Å²) in [5.41, 5.74) is 2.87. The highest BCUT2D eigenvalue weighted by Gasteiger charge is 2.40. The molecule has 0 saturated heterocycles. The summed E-state index contributed by atoms with van der Waals surface area (Å²) in [6.45, 7) is 0. The second-order valence-electron chi connectivity index (χ2n) is 5.65. The molecule has 110 valence electrons. The van der Waals surface area contributed by atoms with Gasteiger partial charge >= 0.3 is 0 Å². The summed E-state index contributed by atoms with van der Waals surface area (Å²) in [7, 11) is 0. The van der Waals surface area contributed by atoms with E-state index in [4.69, 9.17) is 23.2 Å². The molecule has 0 amide bonds. The molecule has 4 rings (SSSR count). The number of halogens is 2. The van der Waals surface area contributed by atoms with E-state index >= 15 is 0 Å². The fraction of sp³-hybridized carbons (Fsp3) is 0.176. The van der Waals surface area contributed by atoms with Crippen molar-refractivity contribution in [3.05, 3.63) is 74.3 Å². The van der Waals surface area contributed by atoms with Crippen LogP contribution in [0.15, 0.2) is 47.4 Å². The number of nitrogens with zero attached hydrogens (tertiary/aromatic N) is 1. The van der Waals surface area contributed by atoms with Crippen molar-refractivity contribution in [2.24, 2.45) is 0 Å². The quantitative estimate of drug-likeness (QED) is 0.703. The van der Waals surface area contributed by atoms with Gasteiger partial charge in [-0.2, -0.15) is 0 Å². The minimum Gasteiger partial charge on any atom is -0.358 e. The Hall–Kier alpha value is -1.84. The van der Waals surface area contributed by atoms with Crippen molar-refractivity contribution in [1.29, 1.82) is 0 Å². The van der Waals surface area contributed by atoms with Gasteiger partial charge in [0.1, 0.15) is 5.15 Å². The van der Waals surface area contributed by atoms with E-state index in [1.54, 1.807) is 12.1 Å². The van der Waals surface area contributed by atoms with Crippen LogP contribution in [0.1, 0.15) is 29.5 Å². The fourth-order valence-electron chi connectivity index (χ4n) is 2.98. The third-order valence-corrected chi connectivity index (χ3v) is 4.61. The molecule has 3 nitrogen and oxygen atoms in total. The van der Waals surface area contributed by atoms with Crippen molar-refractivity contribution in [3.63, 3.8) is 0 Å². The van der Waals surface area contributed by atoms with Crippen LogP contribution in [0.3, 0.4) is 0 Å². The van der Waals surface area contributed by atoms with Gasteiger partial charge in [0.25, 0.3) is 0 Å². The Balaban J connectivity index is 1.72. The number of benzene rings is 1. The SMILES string of the molecule is O=c1cc([C@H]2C[C@@H]2c2cccc(Cl)c2)[nH]c2cc(Cl)ncc12. The van der Waals surface area contributed by atoms with Crippen LogP contribution in [-0.4, -0.2) is 9.97 Å². The molecule has 2 aromatic heterocycles. The average molecular weight is 331 g/mol. The number of nitrogens with one attached hydrogen (secondary N) is 1. The average Bonchev–Trinajstić information content (AvgIpc) is 3.27. The van der Waals surface area contributed by atoms with Crippen molar-refractivity contribution in [2.75, 3.05) is 0 Å². The number of pyridine rings is 2. The number of fused-ring (bicyclic) bond motifs is 1. The van der Waals surface area contributed by atoms with Crippen molar-refractivity contribution < 1.29 is 0 Å². The Morgan fingerprint density at radius 3 is 2.82 bits per heavy atom. The van der Waals surface area contributed by atoms with Crippen LogP contribution in [-0.2, 0) is 0 Å². The lowest BCUT2D eigenvalue weighted by Gasteiger charge is -2.05. The summed E-state index contributed by atoms with van der Waals surface area (Å²) >= 11 is 12.0. The Labute approximate surface area is 136 Å². The maximum atomic E-state index is 12.2. The topological polar surface area (TPSA) is 45.8 Å². The normalized spacial score (nSPS) is 20.3. The molecule has 1 saturated carbocycles. The standard InChI is InChI=1S/C17H12Cl2N2O/c18-10-3-1-2-9(4-10)11-5-12(11)14-6-16(22)13-8-20-17(19)7-15(13)21-14/h1-4,6-8,11-12H,5H2,(H,21,22)/t11-,12+/m1/s1. The van der Waals surface area contributed by atoms with Crippen LogP contribution in [0.2, 0.25) is 10.2 Å². The van der Waals surface area contributed by atoms with Crippen LogP contribution >= 0.6 is 23.2 Å². The summed E-state index contributed by atoms with van der Waals surface area (Å²) in [4.78, 5) is 19.5. The zero-order valence-electron chi connectivity index (χ0n) is 11.5. The first-order valence-corrected chi connectivity index (χ1v) is 7.81. The molecule has 2 atom stereocenters. The molecule has 0 aliphatic heterocycles. The number of aromatic nitrogens is 2. The number of H-pyrrole nitrogens is 1. The largest absolute Gasteiger partial charge is 0.358 e. The van der Waals surface area contributed by atoms with Crippen LogP contribution in [0.25, 0.3) is 10.9 Å². The molecule has 22 heavy (non-hydrogen) atoms. The second kappa shape index (κ2) is 5.11. The van der Waals surface area contributed by atoms with Crippen LogP contribution in [0, 0.1) is 0 Å². The number of hydrogen-bond acceptors (Lipinski definition) is 2. The van der Waals surface area contributed by atoms with Gasteiger partial charge in [-0.25, -0.2) is 4.98 Å². The lowest BCUT2D eigenvalue weighted by molar-refractivity contribution is 0.975. The van der Waals surface area contributed by atoms with Crippen molar-refractivity contribution in [1.82, 2.24) is 9.97 Å². The predicted octanol–water partition coefficient (Wildman–Crippen LogP) is 4.50. The van der Waals surface area contributed by atoms with Gasteiger partial charge in [-0.15, -0.1) is 0 Å². The molecule has 5 heteroatoms. The third-order valence-electron chi connectivity index (χ3n) is 4.17. The highest BCUT2D eigenvalue weighted by molar-refractivity contribution is 6.30. The number of aromatic amines is 1. The molecule has 1 aliphatic carbocycles. The smallest absolute Gasteiger partial charge is 0.191 e. The molecule has 0 bridgehead atoms. The summed E-state index contributed by atoms with van der Waals surface area (Å²) < 4.78 is 0. The zero-order chi connectivity index (χ0) is 15.3. The molecule has 1 aliphatic rings. The van der Waals surface area contributed by atoms with Gasteiger partial charge in [-0.05, 0) is 36.1 Å². The zero-order valence-corrected chi connectivity index (χ0v) is 13.0. The summed E-state index contributed by atoms with van der Waals surface area (Å²) in [5.74, 6) is 0.728. The van der Waals surface area contributed by atoms with Gasteiger partial charge < -0.3 is 4.98 Å². The van der Waals surface area contributed by atoms with Crippen LogP contribution in [0.4, 0.5) is 0 Å². The Kier molecular flexibility index (Phi) is 3.21. The lowest BCUT2D eigenvalue weighted by atomic mass is 10.1. The van der Waals surface area contributed by atoms with Gasteiger partial charge in [0.05, 0.1) is 10.9 Å². The molecule has 2 heterocycles. The number of hydrogen-bond donors (Lipinski definition) is 1. The van der Waals surface area contributed by atoms with E-state index in [-0.39, 0.29) is 5.43 Å².